The maximum Gasteiger partial charge on any atom is 0.299 e. The molecule has 0 amide bonds. The maximum absolute atomic E-state index is 11.9. The van der Waals surface area contributed by atoms with E-state index in [1.54, 1.807) is 26.0 Å². The predicted molar refractivity (Wildman–Crippen MR) is 80.6 cm³/mol. The molecule has 110 valence electrons. The van der Waals surface area contributed by atoms with Gasteiger partial charge < -0.3 is 5.11 Å². The second-order valence-corrected chi connectivity index (χ2v) is 6.01. The summed E-state index contributed by atoms with van der Waals surface area (Å²) in [5.41, 5.74) is 2.13. The summed E-state index contributed by atoms with van der Waals surface area (Å²) in [5.74, 6) is 5.36. The topological polar surface area (TPSA) is 78.4 Å². The Labute approximate surface area is 120 Å². The molecule has 0 atom stereocenters. The lowest BCUT2D eigenvalue weighted by atomic mass is 10.1. The third-order valence-corrected chi connectivity index (χ3v) is 3.70. The average Bonchev–Trinajstić information content (AvgIpc) is 2.35. The molecule has 6 heteroatoms. The zero-order valence-electron chi connectivity index (χ0n) is 11.9. The fourth-order valence-electron chi connectivity index (χ4n) is 1.69. The molecule has 0 spiro atoms. The van der Waals surface area contributed by atoms with Gasteiger partial charge in [0.2, 0.25) is 0 Å². The zero-order valence-corrected chi connectivity index (χ0v) is 12.7. The van der Waals surface area contributed by atoms with Crippen LogP contribution in [0.1, 0.15) is 31.9 Å². The van der Waals surface area contributed by atoms with Crippen LogP contribution in [0.5, 0.6) is 0 Å². The van der Waals surface area contributed by atoms with E-state index in [2.05, 4.69) is 21.3 Å². The molecular formula is C14H20N2O3S. The lowest BCUT2D eigenvalue weighted by molar-refractivity contribution is 0.350. The van der Waals surface area contributed by atoms with Crippen LogP contribution >= 0.6 is 0 Å². The molecule has 1 rings (SSSR count). The van der Waals surface area contributed by atoms with Crippen LogP contribution in [0.3, 0.4) is 0 Å². The van der Waals surface area contributed by atoms with Crippen LogP contribution in [0.25, 0.3) is 0 Å². The van der Waals surface area contributed by atoms with Gasteiger partial charge in [0.25, 0.3) is 10.2 Å². The molecule has 3 N–H and O–H groups in total. The summed E-state index contributed by atoms with van der Waals surface area (Å²) in [6.45, 7) is 5.25. The van der Waals surface area contributed by atoms with E-state index in [0.717, 1.165) is 11.1 Å². The number of rotatable bonds is 5. The number of benzene rings is 1. The minimum atomic E-state index is -3.57. The van der Waals surface area contributed by atoms with Gasteiger partial charge in [-0.05, 0) is 44.0 Å². The quantitative estimate of drug-likeness (QED) is 0.716. The number of aliphatic hydroxyl groups excluding tert-OH is 1. The number of aryl methyl sites for hydroxylation is 1. The smallest absolute Gasteiger partial charge is 0.299 e. The molecule has 5 nitrogen and oxygen atoms in total. The Kier molecular flexibility index (Phi) is 6.02. The van der Waals surface area contributed by atoms with Gasteiger partial charge in [0.1, 0.15) is 6.61 Å². The Bertz CT molecular complexity index is 613. The second-order valence-electron chi connectivity index (χ2n) is 4.56. The number of anilines is 1. The molecule has 0 radical (unpaired) electrons. The monoisotopic (exact) mass is 296 g/mol. The molecule has 0 unspecified atom stereocenters. The molecule has 0 saturated carbocycles. The highest BCUT2D eigenvalue weighted by molar-refractivity contribution is 7.90. The lowest BCUT2D eigenvalue weighted by Crippen LogP contribution is -2.35. The molecule has 0 bridgehead atoms. The van der Waals surface area contributed by atoms with Crippen molar-refractivity contribution in [3.05, 3.63) is 29.3 Å². The van der Waals surface area contributed by atoms with Gasteiger partial charge in [-0.2, -0.15) is 13.1 Å². The van der Waals surface area contributed by atoms with Crippen LogP contribution in [-0.4, -0.2) is 26.2 Å². The molecule has 0 heterocycles. The molecular weight excluding hydrogens is 276 g/mol. The van der Waals surface area contributed by atoms with Crippen LogP contribution in [0.4, 0.5) is 5.69 Å². The Morgan fingerprint density at radius 3 is 2.60 bits per heavy atom. The van der Waals surface area contributed by atoms with Gasteiger partial charge in [-0.25, -0.2) is 0 Å². The molecule has 0 saturated heterocycles. The summed E-state index contributed by atoms with van der Waals surface area (Å²) < 4.78 is 28.7. The minimum absolute atomic E-state index is 0.174. The molecule has 0 fully saturated rings. The Balaban J connectivity index is 3.02. The standard InChI is InChI=1S/C14H20N2O3S/c1-4-13-10-12(6-5-9-17)7-8-14(13)16-20(18,19)15-11(2)3/h7-8,10-11,15-17H,4,9H2,1-3H3. The normalized spacial score (nSPS) is 11.1. The highest BCUT2D eigenvalue weighted by atomic mass is 32.2. The summed E-state index contributed by atoms with van der Waals surface area (Å²) in [4.78, 5) is 0. The van der Waals surface area contributed by atoms with Crippen LogP contribution in [0.2, 0.25) is 0 Å². The highest BCUT2D eigenvalue weighted by Crippen LogP contribution is 2.19. The van der Waals surface area contributed by atoms with Gasteiger partial charge in [0.05, 0.1) is 5.69 Å². The van der Waals surface area contributed by atoms with E-state index in [0.29, 0.717) is 12.1 Å². The molecule has 1 aromatic carbocycles. The third kappa shape index (κ3) is 5.21. The van der Waals surface area contributed by atoms with Gasteiger partial charge >= 0.3 is 0 Å². The van der Waals surface area contributed by atoms with E-state index in [4.69, 9.17) is 5.11 Å². The fraction of sp³-hybridized carbons (Fsp3) is 0.429. The van der Waals surface area contributed by atoms with Gasteiger partial charge in [-0.3, -0.25) is 4.72 Å². The number of hydrogen-bond donors (Lipinski definition) is 3. The van der Waals surface area contributed by atoms with E-state index in [-0.39, 0.29) is 12.6 Å². The Morgan fingerprint density at radius 1 is 1.35 bits per heavy atom. The summed E-state index contributed by atoms with van der Waals surface area (Å²) in [6, 6.07) is 5.04. The molecule has 1 aromatic rings. The third-order valence-electron chi connectivity index (χ3n) is 2.43. The highest BCUT2D eigenvalue weighted by Gasteiger charge is 2.13. The van der Waals surface area contributed by atoms with Crippen molar-refractivity contribution in [2.75, 3.05) is 11.3 Å². The first kappa shape index (κ1) is 16.5. The average molecular weight is 296 g/mol. The Morgan fingerprint density at radius 2 is 2.05 bits per heavy atom. The van der Waals surface area contributed by atoms with Gasteiger partial charge in [0, 0.05) is 11.6 Å². The number of aliphatic hydroxyl groups is 1. The van der Waals surface area contributed by atoms with Gasteiger partial charge in [-0.15, -0.1) is 0 Å². The maximum atomic E-state index is 11.9. The molecule has 0 aliphatic heterocycles. The first-order valence-corrected chi connectivity index (χ1v) is 7.89. The Hall–Kier alpha value is -1.55. The van der Waals surface area contributed by atoms with Crippen LogP contribution < -0.4 is 9.44 Å². The van der Waals surface area contributed by atoms with Crippen molar-refractivity contribution in [2.24, 2.45) is 0 Å². The summed E-state index contributed by atoms with van der Waals surface area (Å²) in [7, 11) is -3.57. The van der Waals surface area contributed by atoms with E-state index in [1.165, 1.54) is 0 Å². The van der Waals surface area contributed by atoms with Crippen LogP contribution in [0, 0.1) is 11.8 Å². The van der Waals surface area contributed by atoms with Crippen molar-refractivity contribution in [1.82, 2.24) is 4.72 Å². The van der Waals surface area contributed by atoms with Gasteiger partial charge in [0.15, 0.2) is 0 Å². The van der Waals surface area contributed by atoms with E-state index >= 15 is 0 Å². The van der Waals surface area contributed by atoms with Crippen LogP contribution in [-0.2, 0) is 16.6 Å². The summed E-state index contributed by atoms with van der Waals surface area (Å²) >= 11 is 0. The first-order valence-electron chi connectivity index (χ1n) is 6.40. The lowest BCUT2D eigenvalue weighted by Gasteiger charge is -2.14. The minimum Gasteiger partial charge on any atom is -0.384 e. The largest absolute Gasteiger partial charge is 0.384 e. The van der Waals surface area contributed by atoms with Crippen molar-refractivity contribution in [1.29, 1.82) is 0 Å². The van der Waals surface area contributed by atoms with Gasteiger partial charge in [-0.1, -0.05) is 18.8 Å². The number of hydrogen-bond acceptors (Lipinski definition) is 3. The molecule has 20 heavy (non-hydrogen) atoms. The van der Waals surface area contributed by atoms with E-state index in [1.807, 2.05) is 13.0 Å². The summed E-state index contributed by atoms with van der Waals surface area (Å²) in [5, 5.41) is 8.67. The molecule has 0 aliphatic carbocycles. The SMILES string of the molecule is CCc1cc(C#CCO)ccc1NS(=O)(=O)NC(C)C. The predicted octanol–water partition coefficient (Wildman–Crippen LogP) is 1.25. The van der Waals surface area contributed by atoms with E-state index < -0.39 is 10.2 Å². The molecule has 0 aliphatic rings. The van der Waals surface area contributed by atoms with Crippen molar-refractivity contribution < 1.29 is 13.5 Å². The first-order chi connectivity index (χ1) is 9.38. The fourth-order valence-corrected chi connectivity index (χ4v) is 2.86. The zero-order chi connectivity index (χ0) is 15.2. The van der Waals surface area contributed by atoms with Crippen molar-refractivity contribution in [2.45, 2.75) is 33.2 Å². The van der Waals surface area contributed by atoms with Crippen LogP contribution in [0.15, 0.2) is 18.2 Å². The second kappa shape index (κ2) is 7.29. The van der Waals surface area contributed by atoms with Crippen molar-refractivity contribution in [3.63, 3.8) is 0 Å². The molecule has 0 aromatic heterocycles. The van der Waals surface area contributed by atoms with Crippen molar-refractivity contribution in [3.8, 4) is 11.8 Å². The summed E-state index contributed by atoms with van der Waals surface area (Å²) in [6.07, 6.45) is 0.675. The van der Waals surface area contributed by atoms with E-state index in [9.17, 15) is 8.42 Å². The van der Waals surface area contributed by atoms with Crippen molar-refractivity contribution >= 4 is 15.9 Å². The number of nitrogens with one attached hydrogen (secondary N) is 2.